The fourth-order valence-corrected chi connectivity index (χ4v) is 15.4. The monoisotopic (exact) mass is 1240 g/mol. The van der Waals surface area contributed by atoms with Gasteiger partial charge in [0, 0.05) is 18.6 Å². The minimum absolute atomic E-state index is 0. The van der Waals surface area contributed by atoms with Crippen LogP contribution < -0.4 is 0 Å². The summed E-state index contributed by atoms with van der Waals surface area (Å²) in [6, 6.07) is 70.6. The zero-order valence-electron chi connectivity index (χ0n) is 49.6. The maximum Gasteiger partial charge on any atom is 3.00 e. The van der Waals surface area contributed by atoms with E-state index in [1.54, 1.807) is 0 Å². The topological polar surface area (TPSA) is 38.7 Å². The normalized spacial score (nSPS) is 17.1. The summed E-state index contributed by atoms with van der Waals surface area (Å²) in [5.41, 5.74) is 27.9. The van der Waals surface area contributed by atoms with Crippen molar-refractivity contribution >= 4 is 0 Å². The van der Waals surface area contributed by atoms with Crippen LogP contribution in [0.15, 0.2) is 182 Å². The van der Waals surface area contributed by atoms with Gasteiger partial charge in [-0.1, -0.05) is 119 Å². The Balaban J connectivity index is 0.00000665. The van der Waals surface area contributed by atoms with Crippen molar-refractivity contribution in [3.63, 3.8) is 0 Å². The predicted octanol–water partition coefficient (Wildman–Crippen LogP) is 20.1. The number of fused-ring (bicyclic) bond motifs is 3. The summed E-state index contributed by atoms with van der Waals surface area (Å²) >= 11 is 0. The Morgan fingerprint density at radius 3 is 0.707 bits per heavy atom. The molecule has 0 saturated heterocycles. The number of aromatic nitrogens is 3. The maximum atomic E-state index is 5.16. The van der Waals surface area contributed by atoms with Gasteiger partial charge >= 0.3 is 20.1 Å². The Bertz CT molecular complexity index is 3640. The summed E-state index contributed by atoms with van der Waals surface area (Å²) in [6.45, 7) is 29.1. The van der Waals surface area contributed by atoms with Crippen molar-refractivity contribution in [1.82, 2.24) is 15.0 Å². The smallest absolute Gasteiger partial charge is 0.304 e. The average Bonchev–Trinajstić information content (AvgIpc) is 2.49. The van der Waals surface area contributed by atoms with E-state index < -0.39 is 0 Å². The van der Waals surface area contributed by atoms with Crippen molar-refractivity contribution in [1.29, 1.82) is 0 Å². The van der Waals surface area contributed by atoms with E-state index in [9.17, 15) is 0 Å². The van der Waals surface area contributed by atoms with Gasteiger partial charge in [0.25, 0.3) is 0 Å². The molecular weight excluding hydrogens is 1170 g/mol. The van der Waals surface area contributed by atoms with E-state index in [1.165, 1.54) is 83.5 Å². The first-order chi connectivity index (χ1) is 38.6. The van der Waals surface area contributed by atoms with Crippen LogP contribution in [-0.4, -0.2) is 15.0 Å². The molecule has 0 bridgehead atoms. The van der Waals surface area contributed by atoms with Gasteiger partial charge in [-0.25, -0.2) is 0 Å². The molecule has 3 aliphatic carbocycles. The van der Waals surface area contributed by atoms with Crippen molar-refractivity contribution in [2.45, 2.75) is 135 Å². The third kappa shape index (κ3) is 9.64. The van der Waals surface area contributed by atoms with E-state index in [1.807, 2.05) is 36.4 Å². The zero-order chi connectivity index (χ0) is 56.4. The van der Waals surface area contributed by atoms with Gasteiger partial charge in [0.05, 0.1) is 0 Å². The van der Waals surface area contributed by atoms with E-state index >= 15 is 0 Å². The van der Waals surface area contributed by atoms with Crippen LogP contribution in [0.5, 0.6) is 0 Å². The van der Waals surface area contributed by atoms with Gasteiger partial charge in [0.2, 0.25) is 0 Å². The van der Waals surface area contributed by atoms with Gasteiger partial charge in [-0.15, -0.1) is 108 Å². The summed E-state index contributed by atoms with van der Waals surface area (Å²) < 4.78 is 0. The molecule has 0 N–H and O–H groups in total. The molecule has 82 heavy (non-hydrogen) atoms. The molecule has 0 atom stereocenters. The Labute approximate surface area is 501 Å². The third-order valence-corrected chi connectivity index (χ3v) is 18.5. The molecule has 0 unspecified atom stereocenters. The van der Waals surface area contributed by atoms with Crippen LogP contribution in [0, 0.1) is 18.2 Å². The minimum Gasteiger partial charge on any atom is -0.304 e. The summed E-state index contributed by atoms with van der Waals surface area (Å²) in [7, 11) is 0. The molecule has 3 nitrogen and oxygen atoms in total. The van der Waals surface area contributed by atoms with E-state index in [4.69, 9.17) is 15.0 Å². The molecule has 0 aliphatic heterocycles. The van der Waals surface area contributed by atoms with Crippen LogP contribution in [0.3, 0.4) is 0 Å². The number of hydrogen-bond donors (Lipinski definition) is 0. The van der Waals surface area contributed by atoms with Gasteiger partial charge < -0.3 is 15.0 Å². The first kappa shape index (κ1) is 55.2. The molecule has 13 rings (SSSR count). The number of nitrogens with zero attached hydrogens (tertiary/aromatic N) is 3. The van der Waals surface area contributed by atoms with Crippen molar-refractivity contribution in [2.24, 2.45) is 0 Å². The van der Waals surface area contributed by atoms with Gasteiger partial charge in [-0.3, -0.25) is 0 Å². The average molecular weight is 1240 g/mol. The fraction of sp³-hybridized carbons (Fsp3) is 0.269. The van der Waals surface area contributed by atoms with Gasteiger partial charge in [0.15, 0.2) is 0 Å². The van der Waals surface area contributed by atoms with E-state index in [2.05, 4.69) is 247 Å². The summed E-state index contributed by atoms with van der Waals surface area (Å²) in [6.07, 6.45) is 9.42. The fourth-order valence-electron chi connectivity index (χ4n) is 15.4. The number of rotatable bonds is 9. The minimum atomic E-state index is -0.0395. The van der Waals surface area contributed by atoms with Crippen LogP contribution in [0.1, 0.15) is 136 Å². The van der Waals surface area contributed by atoms with E-state index in [0.29, 0.717) is 0 Å². The largest absolute Gasteiger partial charge is 3.00 e. The van der Waals surface area contributed by atoms with Crippen molar-refractivity contribution < 1.29 is 20.1 Å². The second kappa shape index (κ2) is 19.9. The van der Waals surface area contributed by atoms with E-state index in [0.717, 1.165) is 69.7 Å². The van der Waals surface area contributed by atoms with Crippen molar-refractivity contribution in [2.75, 3.05) is 0 Å². The number of pyridine rings is 3. The molecule has 408 valence electrons. The van der Waals surface area contributed by atoms with E-state index in [-0.39, 0.29) is 52.6 Å². The molecule has 0 radical (unpaired) electrons. The predicted molar refractivity (Wildman–Crippen MR) is 337 cm³/mol. The summed E-state index contributed by atoms with van der Waals surface area (Å²) in [4.78, 5) is 15.5. The van der Waals surface area contributed by atoms with Crippen LogP contribution in [0.4, 0.5) is 0 Å². The molecule has 3 aromatic heterocycles. The summed E-state index contributed by atoms with van der Waals surface area (Å²) in [5.74, 6) is 0. The Kier molecular flexibility index (Phi) is 13.4. The SMILES string of the molecule is CC1(C)CC(C)(C)c2cc(-c3cc(-c4cc5c(cc4-c4ccc(-c6[c-]cccc6)nc4)C(C)(C)CC5(C)C)cc(-c4cc5c(cc4-c4ccc(-c6[c-]cccc6)nc4)C(C)(C)CC5(C)C)c3)c(-c3ccc(-c4[c-]cccc4)nc3)cc21.[Ir+3]. The van der Waals surface area contributed by atoms with Gasteiger partial charge in [-0.2, -0.15) is 0 Å². The Morgan fingerprint density at radius 1 is 0.280 bits per heavy atom. The Morgan fingerprint density at radius 2 is 0.512 bits per heavy atom. The molecule has 0 fully saturated rings. The molecule has 7 aromatic carbocycles. The Hall–Kier alpha value is -7.36. The molecule has 10 aromatic rings. The summed E-state index contributed by atoms with van der Waals surface area (Å²) in [5, 5.41) is 0. The van der Waals surface area contributed by atoms with Crippen LogP contribution in [-0.2, 0) is 52.6 Å². The van der Waals surface area contributed by atoms with Crippen LogP contribution in [0.25, 0.3) is 101 Å². The van der Waals surface area contributed by atoms with Crippen LogP contribution >= 0.6 is 0 Å². The standard InChI is InChI=1S/C78H72N3.Ir/c1-73(2)46-76(7,8)67-40-61(58(37-64(67)73)52-28-31-70(79-43-52)49-22-16-13-17-23-49)55-34-56(62-41-68-65(74(3,4)47-77(68,9)10)38-59(62)53-29-32-71(80-44-53)50-24-18-14-19-25-50)36-57(35-55)63-42-69-66(75(5,6)48-78(69,11)12)39-60(63)54-30-33-72(81-45-54)51-26-20-15-21-27-51;/h13-22,24,26,28-45H,46-48H2,1-12H3;/q-3;+3. The molecular formula is C78H72IrN3. The van der Waals surface area contributed by atoms with Crippen molar-refractivity contribution in [3.05, 3.63) is 234 Å². The second-order valence-electron chi connectivity index (χ2n) is 27.6. The maximum absolute atomic E-state index is 5.16. The molecule has 3 aliphatic rings. The molecule has 3 heterocycles. The first-order valence-electron chi connectivity index (χ1n) is 29.1. The zero-order valence-corrected chi connectivity index (χ0v) is 52.0. The number of benzene rings is 7. The molecule has 0 spiro atoms. The second-order valence-corrected chi connectivity index (χ2v) is 27.6. The van der Waals surface area contributed by atoms with Crippen molar-refractivity contribution in [3.8, 4) is 101 Å². The molecule has 0 amide bonds. The molecule has 4 heteroatoms. The first-order valence-corrected chi connectivity index (χ1v) is 29.1. The van der Waals surface area contributed by atoms with Crippen LogP contribution in [0.2, 0.25) is 0 Å². The quantitative estimate of drug-likeness (QED) is 0.135. The number of hydrogen-bond acceptors (Lipinski definition) is 3. The van der Waals surface area contributed by atoms with Gasteiger partial charge in [0.1, 0.15) is 0 Å². The molecule has 0 saturated carbocycles. The van der Waals surface area contributed by atoms with Gasteiger partial charge in [-0.05, 0) is 224 Å². The third-order valence-electron chi connectivity index (χ3n) is 18.5.